The Morgan fingerprint density at radius 3 is 2.52 bits per heavy atom. The van der Waals surface area contributed by atoms with Gasteiger partial charge < -0.3 is 5.11 Å². The fourth-order valence-electron chi connectivity index (χ4n) is 1.89. The van der Waals surface area contributed by atoms with E-state index in [1.807, 2.05) is 0 Å². The van der Waals surface area contributed by atoms with Gasteiger partial charge in [-0.05, 0) is 32.0 Å². The van der Waals surface area contributed by atoms with Crippen LogP contribution in [0.15, 0.2) is 23.1 Å². The third-order valence-corrected chi connectivity index (χ3v) is 4.42. The van der Waals surface area contributed by atoms with Gasteiger partial charge in [-0.2, -0.15) is 5.10 Å². The van der Waals surface area contributed by atoms with Gasteiger partial charge in [0.05, 0.1) is 22.6 Å². The third kappa shape index (κ3) is 2.87. The summed E-state index contributed by atoms with van der Waals surface area (Å²) in [4.78, 5) is 10.7. The Labute approximate surface area is 119 Å². The quantitative estimate of drug-likeness (QED) is 0.794. The number of aryl methyl sites for hydroxylation is 2. The molecule has 0 aliphatic carbocycles. The summed E-state index contributed by atoms with van der Waals surface area (Å²) in [6.07, 6.45) is 0. The molecule has 0 fully saturated rings. The minimum Gasteiger partial charge on any atom is -0.478 e. The van der Waals surface area contributed by atoms with Crippen molar-refractivity contribution in [2.45, 2.75) is 18.7 Å². The first-order valence-corrected chi connectivity index (χ1v) is 7.28. The van der Waals surface area contributed by atoms with Crippen LogP contribution >= 0.6 is 0 Å². The van der Waals surface area contributed by atoms with Crippen LogP contribution in [0.25, 0.3) is 0 Å². The molecule has 0 aliphatic rings. The van der Waals surface area contributed by atoms with Gasteiger partial charge in [0, 0.05) is 0 Å². The SMILES string of the molecule is Cc1n[nH]c(C)c1S(=O)(=O)Nc1ccc(C(=O)O)c(F)c1. The van der Waals surface area contributed by atoms with Crippen molar-refractivity contribution in [3.63, 3.8) is 0 Å². The predicted molar refractivity (Wildman–Crippen MR) is 72.2 cm³/mol. The first-order valence-electron chi connectivity index (χ1n) is 5.79. The highest BCUT2D eigenvalue weighted by molar-refractivity contribution is 7.92. The van der Waals surface area contributed by atoms with E-state index in [0.717, 1.165) is 12.1 Å². The molecule has 2 rings (SSSR count). The van der Waals surface area contributed by atoms with E-state index in [1.54, 1.807) is 6.92 Å². The molecule has 9 heteroatoms. The fourth-order valence-corrected chi connectivity index (χ4v) is 3.32. The van der Waals surface area contributed by atoms with E-state index in [-0.39, 0.29) is 16.3 Å². The van der Waals surface area contributed by atoms with Crippen molar-refractivity contribution in [1.82, 2.24) is 10.2 Å². The summed E-state index contributed by atoms with van der Waals surface area (Å²) >= 11 is 0. The number of carboxylic acids is 1. The Balaban J connectivity index is 2.38. The van der Waals surface area contributed by atoms with Crippen LogP contribution in [0.4, 0.5) is 10.1 Å². The molecule has 0 unspecified atom stereocenters. The fraction of sp³-hybridized carbons (Fsp3) is 0.167. The van der Waals surface area contributed by atoms with Crippen molar-refractivity contribution in [2.75, 3.05) is 4.72 Å². The first-order chi connectivity index (χ1) is 9.72. The first kappa shape index (κ1) is 15.0. The van der Waals surface area contributed by atoms with Gasteiger partial charge in [-0.15, -0.1) is 0 Å². The van der Waals surface area contributed by atoms with Crippen molar-refractivity contribution in [1.29, 1.82) is 0 Å². The van der Waals surface area contributed by atoms with Gasteiger partial charge in [0.1, 0.15) is 10.7 Å². The summed E-state index contributed by atoms with van der Waals surface area (Å²) in [6.45, 7) is 3.06. The molecule has 1 heterocycles. The van der Waals surface area contributed by atoms with E-state index in [1.165, 1.54) is 13.0 Å². The van der Waals surface area contributed by atoms with Gasteiger partial charge in [0.2, 0.25) is 0 Å². The maximum absolute atomic E-state index is 13.5. The number of hydrogen-bond acceptors (Lipinski definition) is 4. The molecule has 0 atom stereocenters. The third-order valence-electron chi connectivity index (χ3n) is 2.78. The lowest BCUT2D eigenvalue weighted by Crippen LogP contribution is -2.15. The molecule has 0 saturated heterocycles. The molecule has 21 heavy (non-hydrogen) atoms. The second kappa shape index (κ2) is 5.17. The molecule has 1 aromatic carbocycles. The smallest absolute Gasteiger partial charge is 0.338 e. The van der Waals surface area contributed by atoms with Crippen molar-refractivity contribution in [3.05, 3.63) is 41.0 Å². The summed E-state index contributed by atoms with van der Waals surface area (Å²) < 4.78 is 40.2. The van der Waals surface area contributed by atoms with Crippen LogP contribution in [0.3, 0.4) is 0 Å². The highest BCUT2D eigenvalue weighted by Crippen LogP contribution is 2.22. The summed E-state index contributed by atoms with van der Waals surface area (Å²) in [5.74, 6) is -2.45. The zero-order valence-corrected chi connectivity index (χ0v) is 12.0. The molecule has 0 saturated carbocycles. The van der Waals surface area contributed by atoms with Crippen LogP contribution in [0.1, 0.15) is 21.7 Å². The Morgan fingerprint density at radius 1 is 1.38 bits per heavy atom. The van der Waals surface area contributed by atoms with Gasteiger partial charge >= 0.3 is 5.97 Å². The molecule has 1 aromatic heterocycles. The minimum atomic E-state index is -3.94. The Kier molecular flexibility index (Phi) is 3.69. The highest BCUT2D eigenvalue weighted by Gasteiger charge is 2.23. The zero-order chi connectivity index (χ0) is 15.8. The monoisotopic (exact) mass is 313 g/mol. The minimum absolute atomic E-state index is 0.0229. The maximum atomic E-state index is 13.5. The van der Waals surface area contributed by atoms with Gasteiger partial charge in [-0.1, -0.05) is 0 Å². The summed E-state index contributed by atoms with van der Waals surface area (Å²) in [5.41, 5.74) is 0.0244. The van der Waals surface area contributed by atoms with Crippen LogP contribution in [-0.2, 0) is 10.0 Å². The molecular formula is C12H12FN3O4S. The number of H-pyrrole nitrogens is 1. The standard InChI is InChI=1S/C12H12FN3O4S/c1-6-11(7(2)15-14-6)21(19,20)16-8-3-4-9(12(17)18)10(13)5-8/h3-5,16H,1-2H3,(H,14,15)(H,17,18). The molecule has 0 radical (unpaired) electrons. The summed E-state index contributed by atoms with van der Waals surface area (Å²) in [6, 6.07) is 2.98. The Morgan fingerprint density at radius 2 is 2.05 bits per heavy atom. The van der Waals surface area contributed by atoms with Crippen molar-refractivity contribution in [2.24, 2.45) is 0 Å². The van der Waals surface area contributed by atoms with Crippen molar-refractivity contribution >= 4 is 21.7 Å². The molecule has 0 aliphatic heterocycles. The second-order valence-electron chi connectivity index (χ2n) is 4.37. The Hall–Kier alpha value is -2.42. The topological polar surface area (TPSA) is 112 Å². The van der Waals surface area contributed by atoms with Crippen LogP contribution in [0, 0.1) is 19.7 Å². The number of anilines is 1. The van der Waals surface area contributed by atoms with Gasteiger partial charge in [0.25, 0.3) is 10.0 Å². The number of carbonyl (C=O) groups is 1. The molecule has 2 aromatic rings. The van der Waals surface area contributed by atoms with E-state index in [4.69, 9.17) is 5.11 Å². The number of nitrogens with zero attached hydrogens (tertiary/aromatic N) is 1. The largest absolute Gasteiger partial charge is 0.478 e. The van der Waals surface area contributed by atoms with E-state index in [2.05, 4.69) is 14.9 Å². The molecule has 0 bridgehead atoms. The Bertz CT molecular complexity index is 794. The van der Waals surface area contributed by atoms with Crippen LogP contribution in [0.5, 0.6) is 0 Å². The normalized spacial score (nSPS) is 11.4. The number of sulfonamides is 1. The van der Waals surface area contributed by atoms with E-state index in [9.17, 15) is 17.6 Å². The van der Waals surface area contributed by atoms with E-state index >= 15 is 0 Å². The van der Waals surface area contributed by atoms with Gasteiger partial charge in [0.15, 0.2) is 0 Å². The number of benzene rings is 1. The predicted octanol–water partition coefficient (Wildman–Crippen LogP) is 1.66. The highest BCUT2D eigenvalue weighted by atomic mass is 32.2. The number of aromatic amines is 1. The second-order valence-corrected chi connectivity index (χ2v) is 5.99. The van der Waals surface area contributed by atoms with Crippen molar-refractivity contribution < 1.29 is 22.7 Å². The lowest BCUT2D eigenvalue weighted by atomic mass is 10.2. The summed E-state index contributed by atoms with van der Waals surface area (Å²) in [5, 5.41) is 15.0. The number of hydrogen-bond donors (Lipinski definition) is 3. The number of aromatic carboxylic acids is 1. The number of nitrogens with one attached hydrogen (secondary N) is 2. The van der Waals surface area contributed by atoms with Crippen LogP contribution in [0.2, 0.25) is 0 Å². The van der Waals surface area contributed by atoms with E-state index < -0.39 is 27.4 Å². The maximum Gasteiger partial charge on any atom is 0.338 e. The average molecular weight is 313 g/mol. The lowest BCUT2D eigenvalue weighted by Gasteiger charge is -2.09. The number of aromatic nitrogens is 2. The molecular weight excluding hydrogens is 301 g/mol. The van der Waals surface area contributed by atoms with Gasteiger partial charge in [-0.3, -0.25) is 9.82 Å². The molecule has 112 valence electrons. The molecule has 3 N–H and O–H groups in total. The number of rotatable bonds is 4. The molecule has 0 spiro atoms. The average Bonchev–Trinajstić information content (AvgIpc) is 2.68. The molecule has 0 amide bonds. The van der Waals surface area contributed by atoms with Crippen LogP contribution in [-0.4, -0.2) is 29.7 Å². The number of carboxylic acid groups (broad SMARTS) is 1. The lowest BCUT2D eigenvalue weighted by molar-refractivity contribution is 0.0692. The molecule has 7 nitrogen and oxygen atoms in total. The van der Waals surface area contributed by atoms with Crippen LogP contribution < -0.4 is 4.72 Å². The van der Waals surface area contributed by atoms with E-state index in [0.29, 0.717) is 5.69 Å². The van der Waals surface area contributed by atoms with Gasteiger partial charge in [-0.25, -0.2) is 17.6 Å². The number of halogens is 1. The zero-order valence-electron chi connectivity index (χ0n) is 11.1. The van der Waals surface area contributed by atoms with Crippen molar-refractivity contribution in [3.8, 4) is 0 Å². The summed E-state index contributed by atoms with van der Waals surface area (Å²) in [7, 11) is -3.94.